The lowest BCUT2D eigenvalue weighted by molar-refractivity contribution is -0.141. The SMILES string of the molecule is CN(CCCCN1CCOCC1)C(=O)C1(N(C)C)Cc2ccccc2C1. The molecule has 0 unspecified atom stereocenters. The maximum atomic E-state index is 13.3. The van der Waals surface area contributed by atoms with Crippen molar-refractivity contribution in [3.63, 3.8) is 0 Å². The van der Waals surface area contributed by atoms with Crippen molar-refractivity contribution in [3.05, 3.63) is 35.4 Å². The van der Waals surface area contributed by atoms with Gasteiger partial charge in [0, 0.05) is 39.5 Å². The Labute approximate surface area is 157 Å². The van der Waals surface area contributed by atoms with E-state index < -0.39 is 5.54 Å². The van der Waals surface area contributed by atoms with Crippen molar-refractivity contribution in [2.45, 2.75) is 31.2 Å². The Morgan fingerprint density at radius 2 is 1.69 bits per heavy atom. The van der Waals surface area contributed by atoms with E-state index in [1.165, 1.54) is 11.1 Å². The number of carbonyl (C=O) groups excluding carboxylic acids is 1. The zero-order valence-corrected chi connectivity index (χ0v) is 16.5. The van der Waals surface area contributed by atoms with Gasteiger partial charge in [-0.2, -0.15) is 0 Å². The number of morpholine rings is 1. The molecule has 5 nitrogen and oxygen atoms in total. The van der Waals surface area contributed by atoms with E-state index in [9.17, 15) is 4.79 Å². The molecule has 26 heavy (non-hydrogen) atoms. The zero-order chi connectivity index (χ0) is 18.6. The van der Waals surface area contributed by atoms with E-state index in [0.29, 0.717) is 0 Å². The summed E-state index contributed by atoms with van der Waals surface area (Å²) in [5.41, 5.74) is 2.20. The fourth-order valence-corrected chi connectivity index (χ4v) is 4.22. The van der Waals surface area contributed by atoms with Crippen molar-refractivity contribution >= 4 is 5.91 Å². The first-order valence-corrected chi connectivity index (χ1v) is 9.83. The van der Waals surface area contributed by atoms with Crippen LogP contribution in [0.1, 0.15) is 24.0 Å². The average molecular weight is 360 g/mol. The van der Waals surface area contributed by atoms with Gasteiger partial charge in [0.2, 0.25) is 5.91 Å². The van der Waals surface area contributed by atoms with Crippen molar-refractivity contribution in [1.29, 1.82) is 0 Å². The summed E-state index contributed by atoms with van der Waals surface area (Å²) in [5.74, 6) is 0.255. The lowest BCUT2D eigenvalue weighted by Crippen LogP contribution is -2.57. The van der Waals surface area contributed by atoms with Gasteiger partial charge in [-0.1, -0.05) is 24.3 Å². The number of unbranched alkanes of at least 4 members (excludes halogenated alkanes) is 1. The van der Waals surface area contributed by atoms with Crippen LogP contribution in [-0.4, -0.2) is 86.7 Å². The van der Waals surface area contributed by atoms with Gasteiger partial charge in [-0.05, 0) is 44.6 Å². The monoisotopic (exact) mass is 359 g/mol. The molecule has 144 valence electrons. The first-order valence-electron chi connectivity index (χ1n) is 9.83. The first kappa shape index (κ1) is 19.3. The van der Waals surface area contributed by atoms with Crippen LogP contribution >= 0.6 is 0 Å². The predicted molar refractivity (Wildman–Crippen MR) is 104 cm³/mol. The van der Waals surface area contributed by atoms with Crippen LogP contribution in [0.4, 0.5) is 0 Å². The highest BCUT2D eigenvalue weighted by Crippen LogP contribution is 2.34. The van der Waals surface area contributed by atoms with Crippen LogP contribution in [0.3, 0.4) is 0 Å². The van der Waals surface area contributed by atoms with Crippen LogP contribution in [0.5, 0.6) is 0 Å². The summed E-state index contributed by atoms with van der Waals surface area (Å²) < 4.78 is 5.39. The summed E-state index contributed by atoms with van der Waals surface area (Å²) in [6, 6.07) is 8.47. The Kier molecular flexibility index (Phi) is 6.33. The number of benzene rings is 1. The number of ether oxygens (including phenoxy) is 1. The molecule has 1 amide bonds. The largest absolute Gasteiger partial charge is 0.379 e. The summed E-state index contributed by atoms with van der Waals surface area (Å²) in [7, 11) is 6.04. The number of nitrogens with zero attached hydrogens (tertiary/aromatic N) is 3. The molecule has 0 saturated carbocycles. The van der Waals surface area contributed by atoms with Crippen LogP contribution in [0.15, 0.2) is 24.3 Å². The Balaban J connectivity index is 1.53. The lowest BCUT2D eigenvalue weighted by atomic mass is 9.92. The van der Waals surface area contributed by atoms with Crippen LogP contribution in [0.25, 0.3) is 0 Å². The van der Waals surface area contributed by atoms with Crippen LogP contribution in [0.2, 0.25) is 0 Å². The number of fused-ring (bicyclic) bond motifs is 1. The van der Waals surface area contributed by atoms with Crippen molar-refractivity contribution in [2.24, 2.45) is 0 Å². The van der Waals surface area contributed by atoms with Gasteiger partial charge in [0.25, 0.3) is 0 Å². The second kappa shape index (κ2) is 8.51. The summed E-state index contributed by atoms with van der Waals surface area (Å²) in [6.45, 7) is 5.72. The molecule has 0 radical (unpaired) electrons. The third kappa shape index (κ3) is 4.11. The molecular formula is C21H33N3O2. The Bertz CT molecular complexity index is 586. The van der Waals surface area contributed by atoms with E-state index in [2.05, 4.69) is 34.1 Å². The summed E-state index contributed by atoms with van der Waals surface area (Å²) in [5, 5.41) is 0. The summed E-state index contributed by atoms with van der Waals surface area (Å²) >= 11 is 0. The summed E-state index contributed by atoms with van der Waals surface area (Å²) in [6.07, 6.45) is 3.81. The van der Waals surface area contributed by atoms with Crippen molar-refractivity contribution in [2.75, 3.05) is 60.5 Å². The molecule has 0 aromatic heterocycles. The number of amides is 1. The van der Waals surface area contributed by atoms with Crippen molar-refractivity contribution in [3.8, 4) is 0 Å². The minimum Gasteiger partial charge on any atom is -0.379 e. The normalized spacial score (nSPS) is 19.5. The standard InChI is InChI=1S/C21H33N3O2/c1-22(2)21(16-18-8-4-5-9-19(18)17-21)20(25)23(3)10-6-7-11-24-12-14-26-15-13-24/h4-5,8-9H,6-7,10-17H2,1-3H3. The Morgan fingerprint density at radius 3 is 2.27 bits per heavy atom. The molecule has 3 rings (SSSR count). The van der Waals surface area contributed by atoms with E-state index in [0.717, 1.165) is 65.1 Å². The number of hydrogen-bond donors (Lipinski definition) is 0. The minimum absolute atomic E-state index is 0.255. The molecule has 0 atom stereocenters. The minimum atomic E-state index is -0.428. The van der Waals surface area contributed by atoms with E-state index in [1.54, 1.807) is 0 Å². The lowest BCUT2D eigenvalue weighted by Gasteiger charge is -2.38. The quantitative estimate of drug-likeness (QED) is 0.694. The molecule has 1 saturated heterocycles. The molecule has 2 aliphatic rings. The van der Waals surface area contributed by atoms with Crippen molar-refractivity contribution < 1.29 is 9.53 Å². The molecule has 0 bridgehead atoms. The van der Waals surface area contributed by atoms with Gasteiger partial charge in [-0.25, -0.2) is 0 Å². The average Bonchev–Trinajstić information content (AvgIpc) is 3.06. The molecule has 1 aliphatic heterocycles. The second-order valence-corrected chi connectivity index (χ2v) is 7.94. The van der Waals surface area contributed by atoms with E-state index in [1.807, 2.05) is 26.0 Å². The molecule has 1 aliphatic carbocycles. The third-order valence-electron chi connectivity index (χ3n) is 6.01. The number of hydrogen-bond acceptors (Lipinski definition) is 4. The maximum Gasteiger partial charge on any atom is 0.243 e. The first-order chi connectivity index (χ1) is 12.5. The maximum absolute atomic E-state index is 13.3. The molecule has 1 fully saturated rings. The van der Waals surface area contributed by atoms with E-state index in [-0.39, 0.29) is 5.91 Å². The van der Waals surface area contributed by atoms with Gasteiger partial charge in [0.05, 0.1) is 13.2 Å². The number of rotatable bonds is 7. The predicted octanol–water partition coefficient (Wildman–Crippen LogP) is 1.66. The van der Waals surface area contributed by atoms with Crippen molar-refractivity contribution in [1.82, 2.24) is 14.7 Å². The number of carbonyl (C=O) groups is 1. The molecule has 1 heterocycles. The van der Waals surface area contributed by atoms with E-state index in [4.69, 9.17) is 4.74 Å². The smallest absolute Gasteiger partial charge is 0.243 e. The Hall–Kier alpha value is -1.43. The molecular weight excluding hydrogens is 326 g/mol. The van der Waals surface area contributed by atoms with Crippen LogP contribution < -0.4 is 0 Å². The van der Waals surface area contributed by atoms with Crippen LogP contribution in [-0.2, 0) is 22.4 Å². The molecule has 0 spiro atoms. The number of likely N-dealkylation sites (N-methyl/N-ethyl adjacent to an activating group) is 2. The molecule has 0 N–H and O–H groups in total. The highest BCUT2D eigenvalue weighted by Gasteiger charge is 2.46. The fraction of sp³-hybridized carbons (Fsp3) is 0.667. The molecule has 1 aromatic rings. The zero-order valence-electron chi connectivity index (χ0n) is 16.5. The second-order valence-electron chi connectivity index (χ2n) is 7.94. The van der Waals surface area contributed by atoms with E-state index >= 15 is 0 Å². The van der Waals surface area contributed by atoms with Gasteiger partial charge < -0.3 is 9.64 Å². The topological polar surface area (TPSA) is 36.0 Å². The van der Waals surface area contributed by atoms with Gasteiger partial charge in [-0.15, -0.1) is 0 Å². The van der Waals surface area contributed by atoms with Gasteiger partial charge in [-0.3, -0.25) is 14.6 Å². The third-order valence-corrected chi connectivity index (χ3v) is 6.01. The van der Waals surface area contributed by atoms with Gasteiger partial charge >= 0.3 is 0 Å². The van der Waals surface area contributed by atoms with Crippen LogP contribution in [0, 0.1) is 0 Å². The molecule has 5 heteroatoms. The Morgan fingerprint density at radius 1 is 1.08 bits per heavy atom. The molecule has 1 aromatic carbocycles. The fourth-order valence-electron chi connectivity index (χ4n) is 4.22. The highest BCUT2D eigenvalue weighted by molar-refractivity contribution is 5.88. The highest BCUT2D eigenvalue weighted by atomic mass is 16.5. The van der Waals surface area contributed by atoms with Gasteiger partial charge in [0.1, 0.15) is 5.54 Å². The van der Waals surface area contributed by atoms with Gasteiger partial charge in [0.15, 0.2) is 0 Å². The summed E-state index contributed by atoms with van der Waals surface area (Å²) in [4.78, 5) is 19.9.